The monoisotopic (exact) mass is 723 g/mol. The van der Waals surface area contributed by atoms with Crippen molar-refractivity contribution >= 4 is 17.9 Å². The molecular weight excluding hydrogens is 670 g/mol. The number of unbranched alkanes of at least 4 members (excludes halogenated alkanes) is 2. The van der Waals surface area contributed by atoms with E-state index in [4.69, 9.17) is 24.7 Å². The summed E-state index contributed by atoms with van der Waals surface area (Å²) in [6, 6.07) is 21.9. The lowest BCUT2D eigenvalue weighted by atomic mass is 10.0. The summed E-state index contributed by atoms with van der Waals surface area (Å²) in [7, 11) is 1.51. The van der Waals surface area contributed by atoms with Crippen LogP contribution in [0.25, 0.3) is 0 Å². The van der Waals surface area contributed by atoms with Gasteiger partial charge in [-0.25, -0.2) is 14.6 Å². The Morgan fingerprint density at radius 2 is 1.37 bits per heavy atom. The molecule has 2 atom stereocenters. The molecule has 52 heavy (non-hydrogen) atoms. The van der Waals surface area contributed by atoms with Crippen LogP contribution in [0, 0.1) is 0 Å². The van der Waals surface area contributed by atoms with Crippen LogP contribution >= 0.6 is 0 Å². The van der Waals surface area contributed by atoms with Crippen LogP contribution in [-0.4, -0.2) is 83.9 Å². The van der Waals surface area contributed by atoms with Gasteiger partial charge >= 0.3 is 6.09 Å². The minimum Gasteiger partial charge on any atom is -0.489 e. The van der Waals surface area contributed by atoms with E-state index in [2.05, 4.69) is 27.3 Å². The van der Waals surface area contributed by atoms with Crippen LogP contribution < -0.4 is 20.1 Å². The maximum atomic E-state index is 14.1. The van der Waals surface area contributed by atoms with Gasteiger partial charge in [0.05, 0.1) is 0 Å². The van der Waals surface area contributed by atoms with Crippen LogP contribution in [0.4, 0.5) is 4.79 Å². The van der Waals surface area contributed by atoms with E-state index in [-0.39, 0.29) is 32.0 Å². The molecule has 4 N–H and O–H groups in total. The van der Waals surface area contributed by atoms with Gasteiger partial charge in [0, 0.05) is 26.4 Å². The van der Waals surface area contributed by atoms with Gasteiger partial charge in [-0.1, -0.05) is 74.4 Å². The number of likely N-dealkylation sites (N-methyl/N-ethyl adjacent to an activating group) is 1. The van der Waals surface area contributed by atoms with Crippen LogP contribution in [0.1, 0.15) is 63.6 Å². The van der Waals surface area contributed by atoms with E-state index in [1.54, 1.807) is 45.0 Å². The van der Waals surface area contributed by atoms with Crippen LogP contribution in [-0.2, 0) is 43.5 Å². The Bertz CT molecular complexity index is 1490. The van der Waals surface area contributed by atoms with Crippen molar-refractivity contribution in [2.24, 2.45) is 0 Å². The van der Waals surface area contributed by atoms with Crippen molar-refractivity contribution in [2.45, 2.75) is 90.2 Å². The van der Waals surface area contributed by atoms with Gasteiger partial charge in [0.1, 0.15) is 49.0 Å². The second-order valence-electron chi connectivity index (χ2n) is 13.5. The molecule has 0 spiro atoms. The lowest BCUT2D eigenvalue weighted by molar-refractivity contribution is -0.286. The Hall–Kier alpha value is -4.69. The number of carbonyl (C=O) groups excluding carboxylic acids is 3. The van der Waals surface area contributed by atoms with Gasteiger partial charge in [0.2, 0.25) is 11.8 Å². The zero-order chi connectivity index (χ0) is 37.9. The molecule has 0 aliphatic carbocycles. The average molecular weight is 724 g/mol. The fourth-order valence-corrected chi connectivity index (χ4v) is 5.15. The summed E-state index contributed by atoms with van der Waals surface area (Å²) in [6.07, 6.45) is 1.56. The number of nitrogens with zero attached hydrogens (tertiary/aromatic N) is 1. The summed E-state index contributed by atoms with van der Waals surface area (Å²) < 4.78 is 17.2. The van der Waals surface area contributed by atoms with Gasteiger partial charge in [-0.3, -0.25) is 25.0 Å². The third-order valence-corrected chi connectivity index (χ3v) is 7.95. The predicted molar refractivity (Wildman–Crippen MR) is 195 cm³/mol. The van der Waals surface area contributed by atoms with Gasteiger partial charge < -0.3 is 24.8 Å². The molecule has 284 valence electrons. The summed E-state index contributed by atoms with van der Waals surface area (Å²) in [4.78, 5) is 50.4. The molecule has 13 heteroatoms. The summed E-state index contributed by atoms with van der Waals surface area (Å²) >= 11 is 0. The Morgan fingerprint density at radius 3 is 1.94 bits per heavy atom. The molecule has 0 heterocycles. The van der Waals surface area contributed by atoms with Crippen molar-refractivity contribution in [2.75, 3.05) is 26.8 Å². The van der Waals surface area contributed by atoms with E-state index < -0.39 is 35.8 Å². The maximum Gasteiger partial charge on any atom is 0.410 e. The Morgan fingerprint density at radius 1 is 0.769 bits per heavy atom. The molecule has 3 rings (SSSR count). The predicted octanol–water partition coefficient (Wildman–Crippen LogP) is 5.80. The first-order valence-electron chi connectivity index (χ1n) is 17.5. The SMILES string of the molecule is CCCCCNC(=O)C(Cc1ccc(OC(COO)COO)cc1)NC(=O)C(Cc1ccc(OCc2ccccc2)cc1)N(C)C(=O)OC(C)(C)C. The molecule has 13 nitrogen and oxygen atoms in total. The Kier molecular flexibility index (Phi) is 17.4. The smallest absolute Gasteiger partial charge is 0.410 e. The number of carbonyl (C=O) groups is 3. The van der Waals surface area contributed by atoms with Crippen LogP contribution in [0.2, 0.25) is 0 Å². The first kappa shape index (κ1) is 41.7. The zero-order valence-corrected chi connectivity index (χ0v) is 30.7. The molecule has 0 aliphatic heterocycles. The summed E-state index contributed by atoms with van der Waals surface area (Å²) in [6.45, 7) is 7.70. The maximum absolute atomic E-state index is 14.1. The molecule has 0 bridgehead atoms. The van der Waals surface area contributed by atoms with E-state index in [0.717, 1.165) is 36.0 Å². The fraction of sp³-hybridized carbons (Fsp3) is 0.462. The zero-order valence-electron chi connectivity index (χ0n) is 30.7. The topological polar surface area (TPSA) is 165 Å². The van der Waals surface area contributed by atoms with E-state index in [9.17, 15) is 14.4 Å². The molecule has 0 radical (unpaired) electrons. The molecule has 0 saturated carbocycles. The van der Waals surface area contributed by atoms with E-state index in [1.807, 2.05) is 54.6 Å². The molecule has 3 aromatic rings. The molecule has 3 aromatic carbocycles. The molecule has 2 unspecified atom stereocenters. The van der Waals surface area contributed by atoms with Crippen molar-refractivity contribution in [3.63, 3.8) is 0 Å². The lowest BCUT2D eigenvalue weighted by Gasteiger charge is -2.31. The molecule has 0 aliphatic rings. The molecule has 0 saturated heterocycles. The lowest BCUT2D eigenvalue weighted by Crippen LogP contribution is -2.56. The van der Waals surface area contributed by atoms with Crippen molar-refractivity contribution in [1.29, 1.82) is 0 Å². The highest BCUT2D eigenvalue weighted by Gasteiger charge is 2.33. The largest absolute Gasteiger partial charge is 0.489 e. The fourth-order valence-electron chi connectivity index (χ4n) is 5.15. The quantitative estimate of drug-likeness (QED) is 0.0600. The number of amides is 3. The van der Waals surface area contributed by atoms with Crippen LogP contribution in [0.3, 0.4) is 0 Å². The number of benzene rings is 3. The Labute approximate surface area is 306 Å². The van der Waals surface area contributed by atoms with Gasteiger partial charge in [0.15, 0.2) is 6.10 Å². The van der Waals surface area contributed by atoms with E-state index in [1.165, 1.54) is 11.9 Å². The highest BCUT2D eigenvalue weighted by Crippen LogP contribution is 2.20. The highest BCUT2D eigenvalue weighted by atomic mass is 17.1. The van der Waals surface area contributed by atoms with Gasteiger partial charge in [-0.2, -0.15) is 0 Å². The van der Waals surface area contributed by atoms with Crippen LogP contribution in [0.15, 0.2) is 78.9 Å². The third-order valence-electron chi connectivity index (χ3n) is 7.95. The standard InChI is InChI=1S/C39H53N3O10/c1-6-7-11-22-40-36(43)34(23-28-16-20-32(21-17-28)51-33(26-49-46)27-50-47)41-37(44)35(42(5)38(45)52-39(2,3)4)24-29-14-18-31(19-15-29)48-25-30-12-9-8-10-13-30/h8-10,12-21,33-35,46-47H,6-7,11,22-27H2,1-5H3,(H,40,43)(H,41,44). The molecule has 0 aromatic heterocycles. The number of hydrogen-bond acceptors (Lipinski definition) is 10. The molecule has 0 fully saturated rings. The third kappa shape index (κ3) is 14.9. The van der Waals surface area contributed by atoms with Crippen molar-refractivity contribution in [1.82, 2.24) is 15.5 Å². The highest BCUT2D eigenvalue weighted by molar-refractivity contribution is 5.91. The minimum absolute atomic E-state index is 0.144. The normalized spacial score (nSPS) is 12.5. The van der Waals surface area contributed by atoms with Crippen molar-refractivity contribution < 1.29 is 48.9 Å². The van der Waals surface area contributed by atoms with E-state index in [0.29, 0.717) is 24.7 Å². The first-order valence-corrected chi connectivity index (χ1v) is 17.5. The first-order chi connectivity index (χ1) is 24.9. The van der Waals surface area contributed by atoms with Gasteiger partial charge in [-0.05, 0) is 68.1 Å². The van der Waals surface area contributed by atoms with Crippen LogP contribution in [0.5, 0.6) is 11.5 Å². The van der Waals surface area contributed by atoms with Gasteiger partial charge in [-0.15, -0.1) is 0 Å². The average Bonchev–Trinajstić information content (AvgIpc) is 3.12. The molecule has 3 amide bonds. The number of ether oxygens (including phenoxy) is 3. The Balaban J connectivity index is 1.81. The summed E-state index contributed by atoms with van der Waals surface area (Å²) in [5.74, 6) is 0.179. The van der Waals surface area contributed by atoms with Gasteiger partial charge in [0.25, 0.3) is 0 Å². The van der Waals surface area contributed by atoms with Crippen molar-refractivity contribution in [3.8, 4) is 11.5 Å². The number of rotatable bonds is 21. The summed E-state index contributed by atoms with van der Waals surface area (Å²) in [5, 5.41) is 23.4. The van der Waals surface area contributed by atoms with E-state index >= 15 is 0 Å². The second-order valence-corrected chi connectivity index (χ2v) is 13.5. The summed E-state index contributed by atoms with van der Waals surface area (Å²) in [5.41, 5.74) is 1.73. The molecular formula is C39H53N3O10. The number of hydrogen-bond donors (Lipinski definition) is 4. The number of nitrogens with one attached hydrogen (secondary N) is 2. The van der Waals surface area contributed by atoms with Crippen molar-refractivity contribution in [3.05, 3.63) is 95.6 Å². The minimum atomic E-state index is -1.02. The second kappa shape index (κ2) is 21.6.